The van der Waals surface area contributed by atoms with E-state index in [0.717, 1.165) is 23.8 Å². The first-order valence-electron chi connectivity index (χ1n) is 13.3. The lowest BCUT2D eigenvalue weighted by atomic mass is 10.0. The molecule has 6 nitrogen and oxygen atoms in total. The molecule has 0 aliphatic heterocycles. The largest absolute Gasteiger partial charge is 0.493 e. The molecule has 6 heteroatoms. The summed E-state index contributed by atoms with van der Waals surface area (Å²) in [6.45, 7) is 0.581. The number of carboxylic acids is 2. The normalized spacial score (nSPS) is 11.0. The molecule has 0 aliphatic carbocycles. The van der Waals surface area contributed by atoms with E-state index in [9.17, 15) is 19.8 Å². The fraction of sp³-hybridized carbons (Fsp3) is 0.176. The summed E-state index contributed by atoms with van der Waals surface area (Å²) in [5.41, 5.74) is 1.60. The Bertz CT molecular complexity index is 1670. The summed E-state index contributed by atoms with van der Waals surface area (Å²) in [5.74, 6) is -2.44. The minimum Gasteiger partial charge on any atom is -0.493 e. The Morgan fingerprint density at radius 1 is 0.575 bits per heavy atom. The average Bonchev–Trinajstić information content (AvgIpc) is 2.97. The summed E-state index contributed by atoms with van der Waals surface area (Å²) < 4.78 is 11.7. The van der Waals surface area contributed by atoms with Gasteiger partial charge >= 0.3 is 11.9 Å². The van der Waals surface area contributed by atoms with Crippen molar-refractivity contribution < 1.29 is 29.3 Å². The third kappa shape index (κ3) is 6.41. The highest BCUT2D eigenvalue weighted by Crippen LogP contribution is 2.30. The molecule has 0 fully saturated rings. The second kappa shape index (κ2) is 12.3. The van der Waals surface area contributed by atoms with E-state index in [1.165, 1.54) is 33.9 Å². The molecule has 0 heterocycles. The van der Waals surface area contributed by atoms with Crippen molar-refractivity contribution in [1.82, 2.24) is 0 Å². The van der Waals surface area contributed by atoms with E-state index in [1.54, 1.807) is 0 Å². The smallest absolute Gasteiger partial charge is 0.340 e. The van der Waals surface area contributed by atoms with Gasteiger partial charge in [-0.15, -0.1) is 0 Å². The molecule has 0 bridgehead atoms. The number of hydrogen-bond acceptors (Lipinski definition) is 4. The van der Waals surface area contributed by atoms with Crippen LogP contribution in [-0.2, 0) is 12.8 Å². The number of fused-ring (bicyclic) bond motifs is 2. The number of benzene rings is 5. The molecule has 0 amide bonds. The van der Waals surface area contributed by atoms with Crippen molar-refractivity contribution >= 4 is 33.5 Å². The number of ether oxygens (including phenoxy) is 2. The van der Waals surface area contributed by atoms with E-state index in [-0.39, 0.29) is 29.2 Å². The molecule has 5 rings (SSSR count). The van der Waals surface area contributed by atoms with Gasteiger partial charge in [0.15, 0.2) is 0 Å². The Balaban J connectivity index is 1.22. The van der Waals surface area contributed by atoms with Gasteiger partial charge in [0.25, 0.3) is 0 Å². The molecule has 0 unspecified atom stereocenters. The average molecular weight is 535 g/mol. The fourth-order valence-electron chi connectivity index (χ4n) is 4.89. The first-order valence-corrected chi connectivity index (χ1v) is 13.3. The van der Waals surface area contributed by atoms with Crippen LogP contribution in [0.4, 0.5) is 0 Å². The molecule has 2 N–H and O–H groups in total. The maximum Gasteiger partial charge on any atom is 0.340 e. The van der Waals surface area contributed by atoms with Gasteiger partial charge in [0.2, 0.25) is 0 Å². The van der Waals surface area contributed by atoms with Crippen LogP contribution in [0.2, 0.25) is 0 Å². The van der Waals surface area contributed by atoms with Gasteiger partial charge in [-0.05, 0) is 64.4 Å². The first kappa shape index (κ1) is 26.8. The van der Waals surface area contributed by atoms with E-state index in [1.807, 2.05) is 24.3 Å². The van der Waals surface area contributed by atoms with Gasteiger partial charge in [0.05, 0.1) is 18.8 Å². The van der Waals surface area contributed by atoms with Crippen LogP contribution in [0.1, 0.15) is 44.7 Å². The van der Waals surface area contributed by atoms with Crippen LogP contribution in [0, 0.1) is 0 Å². The zero-order valence-corrected chi connectivity index (χ0v) is 22.0. The van der Waals surface area contributed by atoms with Crippen molar-refractivity contribution in [3.8, 4) is 11.5 Å². The second-order valence-electron chi connectivity index (χ2n) is 9.72. The first-order chi connectivity index (χ1) is 19.5. The third-order valence-electron chi connectivity index (χ3n) is 6.89. The molecular weight excluding hydrogens is 504 g/mol. The quantitative estimate of drug-likeness (QED) is 0.162. The van der Waals surface area contributed by atoms with Gasteiger partial charge < -0.3 is 19.7 Å². The second-order valence-corrected chi connectivity index (χ2v) is 9.72. The Kier molecular flexibility index (Phi) is 8.26. The van der Waals surface area contributed by atoms with Gasteiger partial charge in [0.1, 0.15) is 17.1 Å². The molecule has 0 aromatic heterocycles. The maximum atomic E-state index is 12.0. The van der Waals surface area contributed by atoms with Crippen LogP contribution in [0.3, 0.4) is 0 Å². The van der Waals surface area contributed by atoms with Gasteiger partial charge in [-0.2, -0.15) is 0 Å². The third-order valence-corrected chi connectivity index (χ3v) is 6.89. The highest BCUT2D eigenvalue weighted by molar-refractivity contribution is 6.04. The zero-order chi connectivity index (χ0) is 27.9. The summed E-state index contributed by atoms with van der Waals surface area (Å²) >= 11 is 0. The zero-order valence-electron chi connectivity index (χ0n) is 22.0. The number of carboxylic acid groups (broad SMARTS) is 2. The predicted molar refractivity (Wildman–Crippen MR) is 156 cm³/mol. The SMILES string of the molecule is O=C(O)c1cc(OCCCc2ccc3ccccc3c2)cc(OCCCc2ccc3ccccc3c2)c1C(=O)O. The summed E-state index contributed by atoms with van der Waals surface area (Å²) in [4.78, 5) is 23.9. The molecule has 0 aliphatic rings. The Morgan fingerprint density at radius 3 is 1.62 bits per heavy atom. The van der Waals surface area contributed by atoms with Crippen LogP contribution in [0.25, 0.3) is 21.5 Å². The van der Waals surface area contributed by atoms with E-state index < -0.39 is 11.9 Å². The molecule has 0 saturated carbocycles. The van der Waals surface area contributed by atoms with Crippen LogP contribution in [0.15, 0.2) is 97.1 Å². The number of carbonyl (C=O) groups is 2. The van der Waals surface area contributed by atoms with E-state index in [0.29, 0.717) is 19.4 Å². The molecular formula is C34H30O6. The van der Waals surface area contributed by atoms with E-state index >= 15 is 0 Å². The Hall–Kier alpha value is -4.84. The standard InChI is InChI=1S/C34H30O6/c35-33(36)30-21-29(39-17-5-7-23-13-15-25-9-1-3-11-27(25)19-23)22-31(32(30)34(37)38)40-18-6-8-24-14-16-26-10-2-4-12-28(26)20-24/h1-4,9-16,19-22H,5-8,17-18H2,(H,35,36)(H,37,38). The van der Waals surface area contributed by atoms with Crippen LogP contribution in [-0.4, -0.2) is 35.4 Å². The maximum absolute atomic E-state index is 12.0. The minimum atomic E-state index is -1.36. The van der Waals surface area contributed by atoms with Crippen molar-refractivity contribution in [2.24, 2.45) is 0 Å². The van der Waals surface area contributed by atoms with Crippen molar-refractivity contribution in [3.63, 3.8) is 0 Å². The van der Waals surface area contributed by atoms with Gasteiger partial charge in [-0.1, -0.05) is 84.9 Å². The monoisotopic (exact) mass is 534 g/mol. The van der Waals surface area contributed by atoms with E-state index in [2.05, 4.69) is 60.7 Å². The Labute approximate surface area is 232 Å². The topological polar surface area (TPSA) is 93.1 Å². The lowest BCUT2D eigenvalue weighted by Gasteiger charge is -2.15. The molecule has 5 aromatic rings. The highest BCUT2D eigenvalue weighted by Gasteiger charge is 2.23. The number of hydrogen-bond donors (Lipinski definition) is 2. The molecule has 5 aromatic carbocycles. The van der Waals surface area contributed by atoms with Crippen LogP contribution < -0.4 is 9.47 Å². The lowest BCUT2D eigenvalue weighted by Crippen LogP contribution is -2.13. The fourth-order valence-corrected chi connectivity index (χ4v) is 4.89. The molecule has 0 atom stereocenters. The van der Waals surface area contributed by atoms with E-state index in [4.69, 9.17) is 9.47 Å². The predicted octanol–water partition coefficient (Wildman–Crippen LogP) is 7.41. The summed E-state index contributed by atoms with van der Waals surface area (Å²) in [7, 11) is 0. The molecule has 0 spiro atoms. The van der Waals surface area contributed by atoms with Gasteiger partial charge in [0, 0.05) is 6.07 Å². The minimum absolute atomic E-state index is 0.00422. The molecule has 40 heavy (non-hydrogen) atoms. The summed E-state index contributed by atoms with van der Waals surface area (Å²) in [6.07, 6.45) is 2.88. The van der Waals surface area contributed by atoms with Crippen LogP contribution in [0.5, 0.6) is 11.5 Å². The van der Waals surface area contributed by atoms with Gasteiger partial charge in [-0.3, -0.25) is 0 Å². The summed E-state index contributed by atoms with van der Waals surface area (Å²) in [5, 5.41) is 24.1. The van der Waals surface area contributed by atoms with Gasteiger partial charge in [-0.25, -0.2) is 9.59 Å². The van der Waals surface area contributed by atoms with Crippen molar-refractivity contribution in [2.45, 2.75) is 25.7 Å². The molecule has 202 valence electrons. The van der Waals surface area contributed by atoms with Crippen molar-refractivity contribution in [2.75, 3.05) is 13.2 Å². The number of rotatable bonds is 12. The Morgan fingerprint density at radius 2 is 1.10 bits per heavy atom. The number of aromatic carboxylic acids is 2. The van der Waals surface area contributed by atoms with Crippen molar-refractivity contribution in [3.05, 3.63) is 119 Å². The number of aryl methyl sites for hydroxylation is 2. The summed E-state index contributed by atoms with van der Waals surface area (Å²) in [6, 6.07) is 31.7. The van der Waals surface area contributed by atoms with Crippen LogP contribution >= 0.6 is 0 Å². The molecule has 0 saturated heterocycles. The lowest BCUT2D eigenvalue weighted by molar-refractivity contribution is 0.0646. The molecule has 0 radical (unpaired) electrons. The highest BCUT2D eigenvalue weighted by atomic mass is 16.5. The van der Waals surface area contributed by atoms with Crippen molar-refractivity contribution in [1.29, 1.82) is 0 Å².